The summed E-state index contributed by atoms with van der Waals surface area (Å²) in [6, 6.07) is 20.0. The lowest BCUT2D eigenvalue weighted by molar-refractivity contribution is -0.138. The molecule has 4 rings (SSSR count). The second-order valence-electron chi connectivity index (χ2n) is 6.42. The minimum atomic E-state index is -0.0547. The molecule has 0 N–H and O–H groups in total. The van der Waals surface area contributed by atoms with E-state index in [2.05, 4.69) is 5.10 Å². The van der Waals surface area contributed by atoms with Crippen LogP contribution in [0.4, 0.5) is 0 Å². The molecule has 1 aromatic heterocycles. The molecule has 0 unspecified atom stereocenters. The van der Waals surface area contributed by atoms with Crippen LogP contribution in [0.1, 0.15) is 17.2 Å². The van der Waals surface area contributed by atoms with Crippen molar-refractivity contribution in [3.8, 4) is 5.69 Å². The lowest BCUT2D eigenvalue weighted by Gasteiger charge is -2.33. The van der Waals surface area contributed by atoms with E-state index in [4.69, 9.17) is 4.74 Å². The van der Waals surface area contributed by atoms with Crippen molar-refractivity contribution >= 4 is 5.91 Å². The van der Waals surface area contributed by atoms with E-state index in [0.717, 1.165) is 16.8 Å². The van der Waals surface area contributed by atoms with E-state index >= 15 is 0 Å². The second-order valence-corrected chi connectivity index (χ2v) is 6.42. The third-order valence-corrected chi connectivity index (χ3v) is 4.60. The first-order chi connectivity index (χ1) is 12.8. The molecule has 5 nitrogen and oxygen atoms in total. The molecule has 1 atom stereocenters. The Morgan fingerprint density at radius 3 is 2.58 bits per heavy atom. The lowest BCUT2D eigenvalue weighted by Crippen LogP contribution is -2.42. The number of ether oxygens (including phenoxy) is 1. The Morgan fingerprint density at radius 1 is 1.08 bits per heavy atom. The van der Waals surface area contributed by atoms with Crippen molar-refractivity contribution in [3.63, 3.8) is 0 Å². The van der Waals surface area contributed by atoms with Gasteiger partial charge in [0.15, 0.2) is 0 Å². The van der Waals surface area contributed by atoms with Crippen LogP contribution in [0.3, 0.4) is 0 Å². The van der Waals surface area contributed by atoms with Crippen molar-refractivity contribution < 1.29 is 9.53 Å². The maximum Gasteiger partial charge on any atom is 0.227 e. The Hall–Kier alpha value is -2.92. The van der Waals surface area contributed by atoms with Crippen LogP contribution < -0.4 is 0 Å². The molecule has 5 heteroatoms. The molecule has 132 valence electrons. The van der Waals surface area contributed by atoms with Gasteiger partial charge in [0, 0.05) is 12.7 Å². The highest BCUT2D eigenvalue weighted by Crippen LogP contribution is 2.22. The van der Waals surface area contributed by atoms with E-state index < -0.39 is 0 Å². The van der Waals surface area contributed by atoms with Gasteiger partial charge in [0.05, 0.1) is 31.5 Å². The van der Waals surface area contributed by atoms with Crippen molar-refractivity contribution in [2.75, 3.05) is 19.7 Å². The standard InChI is InChI=1S/C21H21N3O2/c25-21(13-17-14-22-24(15-17)19-9-5-2-6-10-19)23-11-12-26-20(16-23)18-7-3-1-4-8-18/h1-10,14-15,20H,11-13,16H2/t20-/m0/s1. The van der Waals surface area contributed by atoms with Crippen LogP contribution in [0.5, 0.6) is 0 Å². The largest absolute Gasteiger partial charge is 0.370 e. The molecule has 0 radical (unpaired) electrons. The fraction of sp³-hybridized carbons (Fsp3) is 0.238. The minimum absolute atomic E-state index is 0.0547. The van der Waals surface area contributed by atoms with Gasteiger partial charge in [-0.2, -0.15) is 5.10 Å². The maximum atomic E-state index is 12.7. The van der Waals surface area contributed by atoms with Crippen LogP contribution in [-0.2, 0) is 16.0 Å². The number of rotatable bonds is 4. The average Bonchev–Trinajstić information content (AvgIpc) is 3.18. The number of hydrogen-bond acceptors (Lipinski definition) is 3. The third-order valence-electron chi connectivity index (χ3n) is 4.60. The van der Waals surface area contributed by atoms with Gasteiger partial charge in [-0.25, -0.2) is 4.68 Å². The van der Waals surface area contributed by atoms with Gasteiger partial charge in [-0.15, -0.1) is 0 Å². The minimum Gasteiger partial charge on any atom is -0.370 e. The number of hydrogen-bond donors (Lipinski definition) is 0. The van der Waals surface area contributed by atoms with Gasteiger partial charge in [-0.1, -0.05) is 48.5 Å². The first-order valence-electron chi connectivity index (χ1n) is 8.83. The van der Waals surface area contributed by atoms with E-state index in [-0.39, 0.29) is 12.0 Å². The summed E-state index contributed by atoms with van der Waals surface area (Å²) in [7, 11) is 0. The molecule has 1 amide bonds. The summed E-state index contributed by atoms with van der Waals surface area (Å²) in [5.41, 5.74) is 3.02. The molecular weight excluding hydrogens is 326 g/mol. The quantitative estimate of drug-likeness (QED) is 0.729. The van der Waals surface area contributed by atoms with Crippen molar-refractivity contribution in [1.29, 1.82) is 0 Å². The summed E-state index contributed by atoms with van der Waals surface area (Å²) in [6.45, 7) is 1.79. The molecule has 2 aromatic carbocycles. The van der Waals surface area contributed by atoms with Gasteiger partial charge < -0.3 is 9.64 Å². The molecule has 0 aliphatic carbocycles. The summed E-state index contributed by atoms with van der Waals surface area (Å²) in [4.78, 5) is 14.6. The molecule has 0 saturated carbocycles. The molecule has 1 saturated heterocycles. The van der Waals surface area contributed by atoms with Gasteiger partial charge in [0.2, 0.25) is 5.91 Å². The lowest BCUT2D eigenvalue weighted by atomic mass is 10.1. The number of benzene rings is 2. The Balaban J connectivity index is 1.41. The molecule has 2 heterocycles. The Bertz CT molecular complexity index is 861. The van der Waals surface area contributed by atoms with Crippen molar-refractivity contribution in [2.45, 2.75) is 12.5 Å². The zero-order valence-corrected chi connectivity index (χ0v) is 14.5. The highest BCUT2D eigenvalue weighted by Gasteiger charge is 2.25. The number of para-hydroxylation sites is 1. The average molecular weight is 347 g/mol. The number of carbonyl (C=O) groups is 1. The van der Waals surface area contributed by atoms with E-state index in [9.17, 15) is 4.79 Å². The number of carbonyl (C=O) groups excluding carboxylic acids is 1. The molecule has 0 bridgehead atoms. The summed E-state index contributed by atoms with van der Waals surface area (Å²) in [5, 5.41) is 4.37. The normalized spacial score (nSPS) is 17.2. The fourth-order valence-electron chi connectivity index (χ4n) is 3.20. The monoisotopic (exact) mass is 347 g/mol. The molecule has 1 aliphatic rings. The molecule has 3 aromatic rings. The van der Waals surface area contributed by atoms with Crippen molar-refractivity contribution in [1.82, 2.24) is 14.7 Å². The number of amides is 1. The van der Waals surface area contributed by atoms with E-state index in [1.54, 1.807) is 10.9 Å². The van der Waals surface area contributed by atoms with Gasteiger partial charge >= 0.3 is 0 Å². The number of aromatic nitrogens is 2. The van der Waals surface area contributed by atoms with Crippen molar-refractivity contribution in [3.05, 3.63) is 84.2 Å². The summed E-state index contributed by atoms with van der Waals surface area (Å²) >= 11 is 0. The zero-order valence-electron chi connectivity index (χ0n) is 14.5. The molecule has 26 heavy (non-hydrogen) atoms. The van der Waals surface area contributed by atoms with Gasteiger partial charge in [-0.05, 0) is 23.3 Å². The smallest absolute Gasteiger partial charge is 0.227 e. The highest BCUT2D eigenvalue weighted by molar-refractivity contribution is 5.78. The Kier molecular flexibility index (Phi) is 4.80. The van der Waals surface area contributed by atoms with E-state index in [1.165, 1.54) is 0 Å². The van der Waals surface area contributed by atoms with Gasteiger partial charge in [-0.3, -0.25) is 4.79 Å². The first-order valence-corrected chi connectivity index (χ1v) is 8.83. The van der Waals surface area contributed by atoms with Crippen LogP contribution in [-0.4, -0.2) is 40.3 Å². The number of morpholine rings is 1. The molecule has 1 aliphatic heterocycles. The van der Waals surface area contributed by atoms with Gasteiger partial charge in [0.1, 0.15) is 6.10 Å². The molecule has 1 fully saturated rings. The van der Waals surface area contributed by atoms with Crippen LogP contribution in [0, 0.1) is 0 Å². The van der Waals surface area contributed by atoms with Crippen LogP contribution >= 0.6 is 0 Å². The van der Waals surface area contributed by atoms with Crippen LogP contribution in [0.2, 0.25) is 0 Å². The predicted molar refractivity (Wildman–Crippen MR) is 99.0 cm³/mol. The summed E-state index contributed by atoms with van der Waals surface area (Å²) < 4.78 is 7.65. The summed E-state index contributed by atoms with van der Waals surface area (Å²) in [6.07, 6.45) is 3.98. The molecule has 0 spiro atoms. The van der Waals surface area contributed by atoms with Crippen molar-refractivity contribution in [2.24, 2.45) is 0 Å². The second kappa shape index (κ2) is 7.54. The third kappa shape index (κ3) is 3.68. The van der Waals surface area contributed by atoms with E-state index in [0.29, 0.717) is 26.1 Å². The van der Waals surface area contributed by atoms with Crippen LogP contribution in [0.15, 0.2) is 73.1 Å². The molecular formula is C21H21N3O2. The maximum absolute atomic E-state index is 12.7. The van der Waals surface area contributed by atoms with Gasteiger partial charge in [0.25, 0.3) is 0 Å². The van der Waals surface area contributed by atoms with Crippen LogP contribution in [0.25, 0.3) is 5.69 Å². The zero-order chi connectivity index (χ0) is 17.8. The highest BCUT2D eigenvalue weighted by atomic mass is 16.5. The Morgan fingerprint density at radius 2 is 1.81 bits per heavy atom. The fourth-order valence-corrected chi connectivity index (χ4v) is 3.20. The predicted octanol–water partition coefficient (Wildman–Crippen LogP) is 3.01. The SMILES string of the molecule is O=C(Cc1cnn(-c2ccccc2)c1)N1CCO[C@H](c2ccccc2)C1. The first kappa shape index (κ1) is 16.5. The number of nitrogens with zero attached hydrogens (tertiary/aromatic N) is 3. The summed E-state index contributed by atoms with van der Waals surface area (Å²) in [5.74, 6) is 0.113. The Labute approximate surface area is 152 Å². The topological polar surface area (TPSA) is 47.4 Å². The van der Waals surface area contributed by atoms with E-state index in [1.807, 2.05) is 71.8 Å².